The lowest BCUT2D eigenvalue weighted by atomic mass is 10.1. The minimum atomic E-state index is -0.0471. The fraction of sp³-hybridized carbons (Fsp3) is 0.400. The van der Waals surface area contributed by atoms with Crippen LogP contribution in [0.25, 0.3) is 0 Å². The van der Waals surface area contributed by atoms with E-state index in [0.717, 1.165) is 48.0 Å². The molecule has 0 bridgehead atoms. The summed E-state index contributed by atoms with van der Waals surface area (Å²) in [5.74, 6) is 0.903. The van der Waals surface area contributed by atoms with Gasteiger partial charge in [0.25, 0.3) is 0 Å². The Bertz CT molecular complexity index is 942. The smallest absolute Gasteiger partial charge is 0.227 e. The number of carbonyl (C=O) groups is 2. The monoisotopic (exact) mass is 563 g/mol. The zero-order valence-corrected chi connectivity index (χ0v) is 21.9. The molecule has 0 radical (unpaired) electrons. The summed E-state index contributed by atoms with van der Waals surface area (Å²) in [4.78, 5) is 30.2. The van der Waals surface area contributed by atoms with Crippen molar-refractivity contribution >= 4 is 53.1 Å². The van der Waals surface area contributed by atoms with E-state index in [4.69, 9.17) is 0 Å². The van der Waals surface area contributed by atoms with E-state index in [1.807, 2.05) is 74.2 Å². The first-order valence-corrected chi connectivity index (χ1v) is 11.3. The zero-order valence-electron chi connectivity index (χ0n) is 19.6. The van der Waals surface area contributed by atoms with E-state index in [2.05, 4.69) is 20.9 Å². The van der Waals surface area contributed by atoms with E-state index in [1.165, 1.54) is 0 Å². The van der Waals surface area contributed by atoms with Crippen LogP contribution in [0.15, 0.2) is 53.5 Å². The van der Waals surface area contributed by atoms with Gasteiger partial charge in [-0.1, -0.05) is 38.1 Å². The molecular formula is C25H34IN5O2. The van der Waals surface area contributed by atoms with Crippen LogP contribution in [-0.2, 0) is 22.7 Å². The van der Waals surface area contributed by atoms with Gasteiger partial charge in [-0.25, -0.2) is 4.99 Å². The molecule has 0 aliphatic carbocycles. The summed E-state index contributed by atoms with van der Waals surface area (Å²) in [6.07, 6.45) is 1.57. The summed E-state index contributed by atoms with van der Waals surface area (Å²) in [5.41, 5.74) is 3.94. The maximum absolute atomic E-state index is 11.9. The van der Waals surface area contributed by atoms with Crippen LogP contribution in [0.5, 0.6) is 0 Å². The maximum Gasteiger partial charge on any atom is 0.227 e. The maximum atomic E-state index is 11.9. The average molecular weight is 563 g/mol. The second kappa shape index (κ2) is 13.2. The number of nitrogens with one attached hydrogen (secondary N) is 3. The summed E-state index contributed by atoms with van der Waals surface area (Å²) in [7, 11) is 0. The molecule has 1 fully saturated rings. The van der Waals surface area contributed by atoms with Gasteiger partial charge in [0, 0.05) is 43.3 Å². The number of amides is 2. The number of carbonyl (C=O) groups excluding carboxylic acids is 2. The van der Waals surface area contributed by atoms with Gasteiger partial charge in [0.2, 0.25) is 11.8 Å². The topological polar surface area (TPSA) is 85.8 Å². The van der Waals surface area contributed by atoms with Crippen LogP contribution in [-0.4, -0.2) is 30.9 Å². The standard InChI is InChI=1S/C25H33N5O2.HI/c1-4-26-25(27-16-19-7-11-21(12-8-19)29-24(32)18(2)3)28-17-20-9-13-22(14-10-20)30-15-5-6-23(30)31;/h7-14,18H,4-6,15-17H2,1-3H3,(H,29,32)(H2,26,27,28);1H. The van der Waals surface area contributed by atoms with Gasteiger partial charge in [-0.3, -0.25) is 9.59 Å². The van der Waals surface area contributed by atoms with Crippen LogP contribution in [0, 0.1) is 5.92 Å². The van der Waals surface area contributed by atoms with E-state index in [9.17, 15) is 9.59 Å². The zero-order chi connectivity index (χ0) is 22.9. The van der Waals surface area contributed by atoms with Crippen LogP contribution in [0.3, 0.4) is 0 Å². The molecule has 0 saturated carbocycles. The van der Waals surface area contributed by atoms with E-state index in [1.54, 1.807) is 0 Å². The quantitative estimate of drug-likeness (QED) is 0.254. The molecule has 1 aliphatic heterocycles. The second-order valence-electron chi connectivity index (χ2n) is 8.20. The number of hydrogen-bond donors (Lipinski definition) is 3. The number of guanidine groups is 1. The Hall–Kier alpha value is -2.62. The van der Waals surface area contributed by atoms with Gasteiger partial charge in [0.05, 0.1) is 6.54 Å². The number of anilines is 2. The number of benzene rings is 2. The number of halogens is 1. The van der Waals surface area contributed by atoms with Crippen LogP contribution < -0.4 is 20.9 Å². The van der Waals surface area contributed by atoms with Crippen molar-refractivity contribution in [2.75, 3.05) is 23.3 Å². The summed E-state index contributed by atoms with van der Waals surface area (Å²) < 4.78 is 0. The van der Waals surface area contributed by atoms with Gasteiger partial charge >= 0.3 is 0 Å². The second-order valence-corrected chi connectivity index (χ2v) is 8.20. The molecule has 3 N–H and O–H groups in total. The first-order chi connectivity index (χ1) is 15.5. The molecule has 0 aromatic heterocycles. The molecule has 7 nitrogen and oxygen atoms in total. The Kier molecular flexibility index (Phi) is 10.6. The SMILES string of the molecule is CCNC(=NCc1ccc(N2CCCC2=O)cc1)NCc1ccc(NC(=O)C(C)C)cc1.I. The lowest BCUT2D eigenvalue weighted by molar-refractivity contribution is -0.119. The Labute approximate surface area is 213 Å². The number of nitrogens with zero attached hydrogens (tertiary/aromatic N) is 2. The average Bonchev–Trinajstić information content (AvgIpc) is 3.22. The molecule has 0 spiro atoms. The molecule has 1 aliphatic rings. The molecule has 3 rings (SSSR count). The lowest BCUT2D eigenvalue weighted by Crippen LogP contribution is -2.36. The predicted molar refractivity (Wildman–Crippen MR) is 145 cm³/mol. The number of rotatable bonds is 8. The predicted octanol–water partition coefficient (Wildman–Crippen LogP) is 4.28. The third kappa shape index (κ3) is 8.03. The molecule has 1 heterocycles. The molecule has 33 heavy (non-hydrogen) atoms. The normalized spacial score (nSPS) is 13.6. The molecule has 2 aromatic carbocycles. The third-order valence-corrected chi connectivity index (χ3v) is 5.29. The minimum Gasteiger partial charge on any atom is -0.357 e. The van der Waals surface area contributed by atoms with Gasteiger partial charge in [-0.15, -0.1) is 24.0 Å². The van der Waals surface area contributed by atoms with Crippen molar-refractivity contribution < 1.29 is 9.59 Å². The molecule has 0 unspecified atom stereocenters. The molecule has 8 heteroatoms. The Morgan fingerprint density at radius 3 is 2.27 bits per heavy atom. The Morgan fingerprint density at radius 2 is 1.70 bits per heavy atom. The first-order valence-electron chi connectivity index (χ1n) is 11.3. The van der Waals surface area contributed by atoms with Crippen molar-refractivity contribution in [3.8, 4) is 0 Å². The molecule has 1 saturated heterocycles. The van der Waals surface area contributed by atoms with Crippen molar-refractivity contribution in [3.63, 3.8) is 0 Å². The molecule has 2 aromatic rings. The van der Waals surface area contributed by atoms with Gasteiger partial charge in [0.15, 0.2) is 5.96 Å². The van der Waals surface area contributed by atoms with Gasteiger partial charge in [-0.2, -0.15) is 0 Å². The van der Waals surface area contributed by atoms with Crippen molar-refractivity contribution in [1.82, 2.24) is 10.6 Å². The van der Waals surface area contributed by atoms with Crippen LogP contribution in [0.1, 0.15) is 44.7 Å². The van der Waals surface area contributed by atoms with Crippen LogP contribution in [0.2, 0.25) is 0 Å². The van der Waals surface area contributed by atoms with E-state index < -0.39 is 0 Å². The summed E-state index contributed by atoms with van der Waals surface area (Å²) in [6.45, 7) is 8.52. The lowest BCUT2D eigenvalue weighted by Gasteiger charge is -2.16. The van der Waals surface area contributed by atoms with E-state index >= 15 is 0 Å². The van der Waals surface area contributed by atoms with Crippen LogP contribution in [0.4, 0.5) is 11.4 Å². The van der Waals surface area contributed by atoms with E-state index in [0.29, 0.717) is 19.5 Å². The van der Waals surface area contributed by atoms with Crippen molar-refractivity contribution in [2.24, 2.45) is 10.9 Å². The van der Waals surface area contributed by atoms with Crippen molar-refractivity contribution in [3.05, 3.63) is 59.7 Å². The van der Waals surface area contributed by atoms with Crippen LogP contribution >= 0.6 is 24.0 Å². The fourth-order valence-corrected chi connectivity index (χ4v) is 3.39. The summed E-state index contributed by atoms with van der Waals surface area (Å²) in [6, 6.07) is 15.8. The molecule has 178 valence electrons. The van der Waals surface area contributed by atoms with Gasteiger partial charge in [-0.05, 0) is 48.7 Å². The molecule has 2 amide bonds. The highest BCUT2D eigenvalue weighted by atomic mass is 127. The van der Waals surface area contributed by atoms with E-state index in [-0.39, 0.29) is 41.7 Å². The highest BCUT2D eigenvalue weighted by molar-refractivity contribution is 14.0. The Balaban J connectivity index is 0.00000385. The third-order valence-electron chi connectivity index (χ3n) is 5.29. The number of hydrogen-bond acceptors (Lipinski definition) is 3. The minimum absolute atomic E-state index is 0. The fourth-order valence-electron chi connectivity index (χ4n) is 3.39. The molecular weight excluding hydrogens is 529 g/mol. The summed E-state index contributed by atoms with van der Waals surface area (Å²) >= 11 is 0. The van der Waals surface area contributed by atoms with Gasteiger partial charge < -0.3 is 20.9 Å². The summed E-state index contributed by atoms with van der Waals surface area (Å²) in [5, 5.41) is 9.51. The highest BCUT2D eigenvalue weighted by Gasteiger charge is 2.21. The van der Waals surface area contributed by atoms with Crippen molar-refractivity contribution in [1.29, 1.82) is 0 Å². The number of aliphatic imine (C=N–C) groups is 1. The van der Waals surface area contributed by atoms with Gasteiger partial charge in [0.1, 0.15) is 0 Å². The highest BCUT2D eigenvalue weighted by Crippen LogP contribution is 2.21. The van der Waals surface area contributed by atoms with Crippen molar-refractivity contribution in [2.45, 2.75) is 46.7 Å². The first kappa shape index (κ1) is 26.6. The Morgan fingerprint density at radius 1 is 1.03 bits per heavy atom. The molecule has 0 atom stereocenters. The largest absolute Gasteiger partial charge is 0.357 e.